The molecule has 0 saturated heterocycles. The maximum Gasteiger partial charge on any atom is 0.416 e. The molecule has 1 aliphatic heterocycles. The Bertz CT molecular complexity index is 807. The lowest BCUT2D eigenvalue weighted by Crippen LogP contribution is -2.36. The summed E-state index contributed by atoms with van der Waals surface area (Å²) < 4.78 is 39.2. The number of nitrogens with zero attached hydrogens (tertiary/aromatic N) is 1. The molecule has 25 heavy (non-hydrogen) atoms. The maximum atomic E-state index is 13.1. The maximum absolute atomic E-state index is 13.1. The molecule has 0 radical (unpaired) electrons. The van der Waals surface area contributed by atoms with Gasteiger partial charge >= 0.3 is 6.18 Å². The predicted octanol–water partition coefficient (Wildman–Crippen LogP) is 4.39. The molecular weight excluding hydrogens is 353 g/mol. The number of amidine groups is 1. The van der Waals surface area contributed by atoms with E-state index in [9.17, 15) is 18.3 Å². The molecule has 0 spiro atoms. The van der Waals surface area contributed by atoms with Gasteiger partial charge in [0.1, 0.15) is 5.84 Å². The highest BCUT2D eigenvalue weighted by Crippen LogP contribution is 2.42. The Morgan fingerprint density at radius 3 is 2.60 bits per heavy atom. The van der Waals surface area contributed by atoms with E-state index in [0.29, 0.717) is 30.1 Å². The Labute approximate surface area is 148 Å². The van der Waals surface area contributed by atoms with E-state index in [4.69, 9.17) is 11.6 Å². The monoisotopic (exact) mass is 368 g/mol. The minimum atomic E-state index is -4.49. The minimum Gasteiger partial charge on any atom is -0.373 e. The molecule has 0 saturated carbocycles. The molecule has 2 aromatic carbocycles. The second-order valence-corrected chi connectivity index (χ2v) is 6.11. The van der Waals surface area contributed by atoms with Gasteiger partial charge in [0, 0.05) is 23.7 Å². The van der Waals surface area contributed by atoms with Gasteiger partial charge in [-0.25, -0.2) is 0 Å². The van der Waals surface area contributed by atoms with Gasteiger partial charge in [0.2, 0.25) is 0 Å². The van der Waals surface area contributed by atoms with Gasteiger partial charge in [0.05, 0.1) is 5.56 Å². The normalized spacial score (nSPS) is 21.2. The van der Waals surface area contributed by atoms with Crippen LogP contribution in [0.2, 0.25) is 0 Å². The number of halogens is 4. The number of fused-ring (bicyclic) bond motifs is 1. The molecule has 1 atom stereocenters. The topological polar surface area (TPSA) is 44.6 Å². The van der Waals surface area contributed by atoms with E-state index in [1.165, 1.54) is 12.1 Å². The molecule has 0 bridgehead atoms. The van der Waals surface area contributed by atoms with Gasteiger partial charge in [-0.2, -0.15) is 13.2 Å². The number of aliphatic hydroxyl groups is 1. The van der Waals surface area contributed by atoms with E-state index in [1.54, 1.807) is 24.3 Å². The lowest BCUT2D eigenvalue weighted by molar-refractivity contribution is -0.137. The summed E-state index contributed by atoms with van der Waals surface area (Å²) in [6.07, 6.45) is -3.89. The molecule has 1 unspecified atom stereocenters. The standard InChI is InChI=1S/C18H16ClF3N2O/c19-9-4-10-23-16-17(25,14-7-1-2-8-15(14)24-16)12-5-3-6-13(11-12)18(20,21)22/h1-3,5-8,11,25H,4,9-10H2,(H,23,24). The number of benzene rings is 2. The minimum absolute atomic E-state index is 0.115. The van der Waals surface area contributed by atoms with Gasteiger partial charge in [0.25, 0.3) is 0 Å². The van der Waals surface area contributed by atoms with Crippen LogP contribution in [0.1, 0.15) is 23.1 Å². The number of hydrogen-bond donors (Lipinski definition) is 2. The molecule has 3 nitrogen and oxygen atoms in total. The van der Waals surface area contributed by atoms with Crippen molar-refractivity contribution < 1.29 is 18.3 Å². The predicted molar refractivity (Wildman–Crippen MR) is 92.1 cm³/mol. The SMILES string of the molecule is OC1(c2cccc(C(F)(F)F)c2)C(=NCCCCl)Nc2ccccc21. The van der Waals surface area contributed by atoms with Crippen LogP contribution in [0.4, 0.5) is 18.9 Å². The summed E-state index contributed by atoms with van der Waals surface area (Å²) in [6.45, 7) is 0.362. The summed E-state index contributed by atoms with van der Waals surface area (Å²) in [5, 5.41) is 14.4. The van der Waals surface area contributed by atoms with E-state index in [-0.39, 0.29) is 11.4 Å². The smallest absolute Gasteiger partial charge is 0.373 e. The summed E-state index contributed by atoms with van der Waals surface area (Å²) >= 11 is 5.66. The highest BCUT2D eigenvalue weighted by Gasteiger charge is 2.45. The van der Waals surface area contributed by atoms with E-state index in [0.717, 1.165) is 12.1 Å². The van der Waals surface area contributed by atoms with E-state index in [1.807, 2.05) is 0 Å². The van der Waals surface area contributed by atoms with Crippen molar-refractivity contribution in [1.29, 1.82) is 0 Å². The number of aliphatic imine (C=N–C) groups is 1. The Hall–Kier alpha value is -2.05. The molecule has 132 valence electrons. The first kappa shape index (κ1) is 17.8. The molecule has 1 aliphatic rings. The van der Waals surface area contributed by atoms with Gasteiger partial charge in [-0.3, -0.25) is 4.99 Å². The second kappa shape index (κ2) is 6.69. The van der Waals surface area contributed by atoms with Crippen LogP contribution in [0.3, 0.4) is 0 Å². The van der Waals surface area contributed by atoms with Crippen LogP contribution >= 0.6 is 11.6 Å². The first-order valence-electron chi connectivity index (χ1n) is 7.75. The zero-order valence-corrected chi connectivity index (χ0v) is 13.9. The van der Waals surface area contributed by atoms with Crippen molar-refractivity contribution >= 4 is 23.1 Å². The summed E-state index contributed by atoms with van der Waals surface area (Å²) in [5.41, 5.74) is -1.37. The number of alkyl halides is 4. The zero-order valence-electron chi connectivity index (χ0n) is 13.1. The summed E-state index contributed by atoms with van der Waals surface area (Å²) in [4.78, 5) is 4.34. The van der Waals surface area contributed by atoms with Crippen LogP contribution in [0.25, 0.3) is 0 Å². The van der Waals surface area contributed by atoms with Crippen molar-refractivity contribution in [2.45, 2.75) is 18.2 Å². The van der Waals surface area contributed by atoms with E-state index >= 15 is 0 Å². The lowest BCUT2D eigenvalue weighted by atomic mass is 9.86. The molecule has 0 fully saturated rings. The van der Waals surface area contributed by atoms with Crippen LogP contribution in [-0.4, -0.2) is 23.4 Å². The van der Waals surface area contributed by atoms with Gasteiger partial charge in [-0.1, -0.05) is 30.3 Å². The van der Waals surface area contributed by atoms with Crippen LogP contribution in [0.15, 0.2) is 53.5 Å². The van der Waals surface area contributed by atoms with Crippen molar-refractivity contribution in [3.05, 3.63) is 65.2 Å². The fraction of sp³-hybridized carbons (Fsp3) is 0.278. The lowest BCUT2D eigenvalue weighted by Gasteiger charge is -2.25. The third kappa shape index (κ3) is 3.24. The number of hydrogen-bond acceptors (Lipinski definition) is 2. The Morgan fingerprint density at radius 1 is 1.12 bits per heavy atom. The number of anilines is 1. The average molecular weight is 369 g/mol. The van der Waals surface area contributed by atoms with E-state index < -0.39 is 17.3 Å². The van der Waals surface area contributed by atoms with Gasteiger partial charge in [0.15, 0.2) is 5.60 Å². The molecule has 3 rings (SSSR count). The molecule has 2 aromatic rings. The molecule has 0 aromatic heterocycles. The number of nitrogens with one attached hydrogen (secondary N) is 1. The average Bonchev–Trinajstić information content (AvgIpc) is 2.88. The van der Waals surface area contributed by atoms with Crippen molar-refractivity contribution in [2.24, 2.45) is 4.99 Å². The third-order valence-corrected chi connectivity index (χ3v) is 4.35. The summed E-state index contributed by atoms with van der Waals surface area (Å²) in [7, 11) is 0. The molecule has 7 heteroatoms. The highest BCUT2D eigenvalue weighted by atomic mass is 35.5. The molecule has 0 amide bonds. The third-order valence-electron chi connectivity index (χ3n) is 4.08. The Kier molecular flexibility index (Phi) is 4.75. The molecule has 0 aliphatic carbocycles. The van der Waals surface area contributed by atoms with Crippen molar-refractivity contribution in [3.8, 4) is 0 Å². The van der Waals surface area contributed by atoms with Crippen LogP contribution in [0.5, 0.6) is 0 Å². The van der Waals surface area contributed by atoms with Crippen LogP contribution in [0, 0.1) is 0 Å². The highest BCUT2D eigenvalue weighted by molar-refractivity contribution is 6.17. The number of rotatable bonds is 4. The van der Waals surface area contributed by atoms with Crippen molar-refractivity contribution in [1.82, 2.24) is 0 Å². The van der Waals surface area contributed by atoms with Gasteiger partial charge in [-0.05, 0) is 30.2 Å². The second-order valence-electron chi connectivity index (χ2n) is 5.73. The van der Waals surface area contributed by atoms with Crippen molar-refractivity contribution in [3.63, 3.8) is 0 Å². The van der Waals surface area contributed by atoms with Crippen LogP contribution < -0.4 is 5.32 Å². The molecular formula is C18H16ClF3N2O. The summed E-state index contributed by atoms with van der Waals surface area (Å²) in [5.74, 6) is 0.615. The first-order chi connectivity index (χ1) is 11.9. The first-order valence-corrected chi connectivity index (χ1v) is 8.28. The van der Waals surface area contributed by atoms with Gasteiger partial charge < -0.3 is 10.4 Å². The van der Waals surface area contributed by atoms with Gasteiger partial charge in [-0.15, -0.1) is 11.6 Å². The van der Waals surface area contributed by atoms with Crippen LogP contribution in [-0.2, 0) is 11.8 Å². The largest absolute Gasteiger partial charge is 0.416 e. The fourth-order valence-electron chi connectivity index (χ4n) is 2.87. The fourth-order valence-corrected chi connectivity index (χ4v) is 2.99. The Balaban J connectivity index is 2.13. The Morgan fingerprint density at radius 2 is 1.88 bits per heavy atom. The quantitative estimate of drug-likeness (QED) is 0.621. The molecule has 2 N–H and O–H groups in total. The summed E-state index contributed by atoms with van der Waals surface area (Å²) in [6, 6.07) is 11.6. The van der Waals surface area contributed by atoms with E-state index in [2.05, 4.69) is 10.3 Å². The molecule has 1 heterocycles. The number of para-hydroxylation sites is 1. The van der Waals surface area contributed by atoms with Crippen molar-refractivity contribution in [2.75, 3.05) is 17.7 Å². The zero-order chi connectivity index (χ0) is 18.1.